The molecular formula is C13H12N2O4. The fourth-order valence-electron chi connectivity index (χ4n) is 1.85. The fraction of sp³-hybridized carbons (Fsp3) is 0.154. The van der Waals surface area contributed by atoms with E-state index in [1.165, 1.54) is 16.7 Å². The number of pyridine rings is 1. The van der Waals surface area contributed by atoms with Crippen molar-refractivity contribution in [2.24, 2.45) is 7.05 Å². The Morgan fingerprint density at radius 1 is 1.21 bits per heavy atom. The first-order chi connectivity index (χ1) is 9.04. The number of hydrogen-bond acceptors (Lipinski definition) is 4. The predicted molar refractivity (Wildman–Crippen MR) is 69.7 cm³/mol. The molecule has 2 rings (SSSR count). The summed E-state index contributed by atoms with van der Waals surface area (Å²) in [5, 5.41) is 19.6. The van der Waals surface area contributed by atoms with E-state index in [0.29, 0.717) is 16.8 Å². The lowest BCUT2D eigenvalue weighted by Crippen LogP contribution is -2.22. The molecule has 1 N–H and O–H groups in total. The summed E-state index contributed by atoms with van der Waals surface area (Å²) >= 11 is 0. The topological polar surface area (TPSA) is 85.4 Å². The summed E-state index contributed by atoms with van der Waals surface area (Å²) in [5.41, 5.74) is 1.37. The molecule has 0 amide bonds. The van der Waals surface area contributed by atoms with E-state index in [0.717, 1.165) is 0 Å². The molecule has 1 heterocycles. The Morgan fingerprint density at radius 2 is 1.84 bits per heavy atom. The summed E-state index contributed by atoms with van der Waals surface area (Å²) in [4.78, 5) is 22.0. The minimum absolute atomic E-state index is 0.000674. The van der Waals surface area contributed by atoms with Gasteiger partial charge in [-0.3, -0.25) is 14.9 Å². The lowest BCUT2D eigenvalue weighted by atomic mass is 10.1. The normalized spacial score (nSPS) is 10.4. The summed E-state index contributed by atoms with van der Waals surface area (Å²) in [6, 6.07) is 9.21. The predicted octanol–water partition coefficient (Wildman–Crippen LogP) is 1.45. The van der Waals surface area contributed by atoms with Crippen LogP contribution in [0, 0.1) is 10.1 Å². The number of nitrogens with zero attached hydrogens (tertiary/aromatic N) is 2. The minimum atomic E-state index is -0.475. The molecule has 6 nitrogen and oxygen atoms in total. The Bertz CT molecular complexity index is 674. The van der Waals surface area contributed by atoms with Crippen LogP contribution < -0.4 is 5.56 Å². The van der Waals surface area contributed by atoms with Crippen molar-refractivity contribution in [2.75, 3.05) is 0 Å². The molecule has 1 aromatic carbocycles. The monoisotopic (exact) mass is 260 g/mol. The Kier molecular flexibility index (Phi) is 3.43. The van der Waals surface area contributed by atoms with Crippen LogP contribution in [0.25, 0.3) is 11.3 Å². The molecule has 0 aliphatic rings. The number of nitro groups is 1. The lowest BCUT2D eigenvalue weighted by molar-refractivity contribution is -0.384. The first-order valence-corrected chi connectivity index (χ1v) is 5.59. The molecule has 0 unspecified atom stereocenters. The van der Waals surface area contributed by atoms with Crippen LogP contribution in [0.2, 0.25) is 0 Å². The van der Waals surface area contributed by atoms with E-state index >= 15 is 0 Å². The highest BCUT2D eigenvalue weighted by Crippen LogP contribution is 2.21. The second kappa shape index (κ2) is 5.03. The molecule has 0 bridgehead atoms. The number of nitro benzene ring substituents is 1. The zero-order valence-electron chi connectivity index (χ0n) is 10.2. The SMILES string of the molecule is Cn1c(-c2ccc([N+](=O)[O-])cc2)ccc(CO)c1=O. The summed E-state index contributed by atoms with van der Waals surface area (Å²) in [6.45, 7) is -0.312. The van der Waals surface area contributed by atoms with Crippen LogP contribution in [-0.2, 0) is 13.7 Å². The molecule has 0 spiro atoms. The molecule has 0 atom stereocenters. The molecule has 0 saturated carbocycles. The van der Waals surface area contributed by atoms with Crippen molar-refractivity contribution < 1.29 is 10.0 Å². The van der Waals surface area contributed by atoms with E-state index in [9.17, 15) is 14.9 Å². The maximum Gasteiger partial charge on any atom is 0.269 e. The van der Waals surface area contributed by atoms with Gasteiger partial charge in [-0.25, -0.2) is 0 Å². The maximum absolute atomic E-state index is 11.9. The molecule has 0 aliphatic carbocycles. The van der Waals surface area contributed by atoms with Gasteiger partial charge >= 0.3 is 0 Å². The van der Waals surface area contributed by atoms with Gasteiger partial charge in [-0.05, 0) is 29.8 Å². The maximum atomic E-state index is 11.9. The van der Waals surface area contributed by atoms with E-state index in [-0.39, 0.29) is 17.9 Å². The zero-order chi connectivity index (χ0) is 14.0. The third-order valence-corrected chi connectivity index (χ3v) is 2.93. The van der Waals surface area contributed by atoms with Crippen molar-refractivity contribution in [2.45, 2.75) is 6.61 Å². The first kappa shape index (κ1) is 13.0. The average Bonchev–Trinajstić information content (AvgIpc) is 2.42. The number of aliphatic hydroxyl groups excluding tert-OH is 1. The van der Waals surface area contributed by atoms with Gasteiger partial charge < -0.3 is 9.67 Å². The standard InChI is InChI=1S/C13H12N2O4/c1-14-12(7-4-10(8-16)13(14)17)9-2-5-11(6-3-9)15(18)19/h2-7,16H,8H2,1H3. The average molecular weight is 260 g/mol. The van der Waals surface area contributed by atoms with Crippen LogP contribution in [0.4, 0.5) is 5.69 Å². The highest BCUT2D eigenvalue weighted by molar-refractivity contribution is 5.61. The molecule has 0 aliphatic heterocycles. The van der Waals surface area contributed by atoms with Crippen molar-refractivity contribution in [3.63, 3.8) is 0 Å². The van der Waals surface area contributed by atoms with Crippen LogP contribution in [-0.4, -0.2) is 14.6 Å². The number of aliphatic hydroxyl groups is 1. The van der Waals surface area contributed by atoms with Crippen molar-refractivity contribution in [1.82, 2.24) is 4.57 Å². The minimum Gasteiger partial charge on any atom is -0.391 e. The first-order valence-electron chi connectivity index (χ1n) is 5.59. The Balaban J connectivity index is 2.50. The number of rotatable bonds is 3. The highest BCUT2D eigenvalue weighted by Gasteiger charge is 2.09. The zero-order valence-corrected chi connectivity index (χ0v) is 10.2. The summed E-state index contributed by atoms with van der Waals surface area (Å²) in [6.07, 6.45) is 0. The van der Waals surface area contributed by atoms with Crippen molar-refractivity contribution >= 4 is 5.69 Å². The van der Waals surface area contributed by atoms with Crippen molar-refractivity contribution in [3.8, 4) is 11.3 Å². The van der Waals surface area contributed by atoms with Crippen LogP contribution in [0.5, 0.6) is 0 Å². The van der Waals surface area contributed by atoms with E-state index in [1.807, 2.05) is 0 Å². The number of hydrogen-bond donors (Lipinski definition) is 1. The van der Waals surface area contributed by atoms with Crippen molar-refractivity contribution in [1.29, 1.82) is 0 Å². The van der Waals surface area contributed by atoms with Crippen LogP contribution >= 0.6 is 0 Å². The molecule has 6 heteroatoms. The van der Waals surface area contributed by atoms with E-state index in [1.54, 1.807) is 31.3 Å². The summed E-state index contributed by atoms with van der Waals surface area (Å²) in [5.74, 6) is 0. The van der Waals surface area contributed by atoms with Gasteiger partial charge in [0.05, 0.1) is 17.2 Å². The Labute approximate surface area is 108 Å². The molecule has 2 aromatic rings. The van der Waals surface area contributed by atoms with Gasteiger partial charge in [0.25, 0.3) is 11.2 Å². The molecule has 0 fully saturated rings. The summed E-state index contributed by atoms with van der Waals surface area (Å²) < 4.78 is 1.41. The molecule has 0 saturated heterocycles. The largest absolute Gasteiger partial charge is 0.391 e. The Hall–Kier alpha value is -2.47. The van der Waals surface area contributed by atoms with Gasteiger partial charge in [0, 0.05) is 24.7 Å². The second-order valence-electron chi connectivity index (χ2n) is 4.07. The second-order valence-corrected chi connectivity index (χ2v) is 4.07. The van der Waals surface area contributed by atoms with E-state index in [4.69, 9.17) is 5.11 Å². The van der Waals surface area contributed by atoms with Gasteiger partial charge in [0.1, 0.15) is 0 Å². The van der Waals surface area contributed by atoms with Gasteiger partial charge in [-0.1, -0.05) is 0 Å². The smallest absolute Gasteiger partial charge is 0.269 e. The molecule has 1 aromatic heterocycles. The molecule has 0 radical (unpaired) electrons. The van der Waals surface area contributed by atoms with E-state index < -0.39 is 4.92 Å². The van der Waals surface area contributed by atoms with Gasteiger partial charge in [-0.15, -0.1) is 0 Å². The van der Waals surface area contributed by atoms with E-state index in [2.05, 4.69) is 0 Å². The van der Waals surface area contributed by atoms with Gasteiger partial charge in [0.15, 0.2) is 0 Å². The lowest BCUT2D eigenvalue weighted by Gasteiger charge is -2.09. The molecular weight excluding hydrogens is 248 g/mol. The van der Waals surface area contributed by atoms with Crippen LogP contribution in [0.15, 0.2) is 41.2 Å². The molecule has 19 heavy (non-hydrogen) atoms. The molecule has 98 valence electrons. The number of benzene rings is 1. The summed E-state index contributed by atoms with van der Waals surface area (Å²) in [7, 11) is 1.60. The fourth-order valence-corrected chi connectivity index (χ4v) is 1.85. The number of aromatic nitrogens is 1. The van der Waals surface area contributed by atoms with Crippen molar-refractivity contribution in [3.05, 3.63) is 62.4 Å². The third kappa shape index (κ3) is 2.38. The van der Waals surface area contributed by atoms with Gasteiger partial charge in [0.2, 0.25) is 0 Å². The quantitative estimate of drug-likeness (QED) is 0.668. The number of non-ortho nitro benzene ring substituents is 1. The Morgan fingerprint density at radius 3 is 2.37 bits per heavy atom. The van der Waals surface area contributed by atoms with Crippen LogP contribution in [0.1, 0.15) is 5.56 Å². The van der Waals surface area contributed by atoms with Crippen LogP contribution in [0.3, 0.4) is 0 Å². The third-order valence-electron chi connectivity index (χ3n) is 2.93. The van der Waals surface area contributed by atoms with Gasteiger partial charge in [-0.2, -0.15) is 0 Å². The highest BCUT2D eigenvalue weighted by atomic mass is 16.6.